The summed E-state index contributed by atoms with van der Waals surface area (Å²) in [5, 5.41) is 13.2. The highest BCUT2D eigenvalue weighted by molar-refractivity contribution is 5.86. The van der Waals surface area contributed by atoms with Crippen LogP contribution in [-0.2, 0) is 9.59 Å². The van der Waals surface area contributed by atoms with E-state index in [-0.39, 0.29) is 12.6 Å². The molecule has 7 heteroatoms. The Morgan fingerprint density at radius 3 is 2.10 bits per heavy atom. The molecule has 0 radical (unpaired) electrons. The van der Waals surface area contributed by atoms with Crippen LogP contribution in [0.25, 0.3) is 0 Å². The molecule has 3 amide bonds. The van der Waals surface area contributed by atoms with Crippen LogP contribution in [0.3, 0.4) is 0 Å². The molecule has 0 atom stereocenters. The topological polar surface area (TPSA) is 98.7 Å². The minimum Gasteiger partial charge on any atom is -0.480 e. The van der Waals surface area contributed by atoms with Crippen LogP contribution in [0.2, 0.25) is 0 Å². The van der Waals surface area contributed by atoms with Gasteiger partial charge in [0.15, 0.2) is 0 Å². The molecule has 7 nitrogen and oxygen atoms in total. The highest BCUT2D eigenvalue weighted by atomic mass is 16.4. The second kappa shape index (κ2) is 7.85. The minimum absolute atomic E-state index is 0.199. The van der Waals surface area contributed by atoms with Gasteiger partial charge in [0.1, 0.15) is 6.54 Å². The molecule has 1 aliphatic heterocycles. The number of carbonyl (C=O) groups excluding carboxylic acids is 2. The average Bonchev–Trinajstić information content (AvgIpc) is 2.50. The third kappa shape index (κ3) is 5.24. The van der Waals surface area contributed by atoms with Gasteiger partial charge in [0.2, 0.25) is 5.91 Å². The number of hydrogen-bond donors (Lipinski definition) is 3. The number of carboxylic acid groups (broad SMARTS) is 1. The molecule has 0 bridgehead atoms. The van der Waals surface area contributed by atoms with Gasteiger partial charge in [0.05, 0.1) is 6.54 Å². The Morgan fingerprint density at radius 1 is 1.05 bits per heavy atom. The van der Waals surface area contributed by atoms with Crippen LogP contribution in [-0.4, -0.2) is 54.1 Å². The standard InChI is InChI=1S/C14H25N3O4/c1-3-14(4-2)5-7-17(8-6-14)13(21)16-9-11(18)15-10-12(19)20/h3-10H2,1-2H3,(H,15,18)(H,16,21)(H,19,20). The van der Waals surface area contributed by atoms with Crippen molar-refractivity contribution in [3.8, 4) is 0 Å². The molecule has 120 valence electrons. The average molecular weight is 299 g/mol. The number of hydrogen-bond acceptors (Lipinski definition) is 3. The van der Waals surface area contributed by atoms with E-state index in [9.17, 15) is 14.4 Å². The monoisotopic (exact) mass is 299 g/mol. The lowest BCUT2D eigenvalue weighted by atomic mass is 9.74. The SMILES string of the molecule is CCC1(CC)CCN(C(=O)NCC(=O)NCC(=O)O)CC1. The zero-order chi connectivity index (χ0) is 15.9. The summed E-state index contributed by atoms with van der Waals surface area (Å²) in [6, 6.07) is -0.263. The van der Waals surface area contributed by atoms with Gasteiger partial charge in [0, 0.05) is 13.1 Å². The normalized spacial score (nSPS) is 17.1. The molecule has 1 heterocycles. The number of likely N-dealkylation sites (tertiary alicyclic amines) is 1. The first kappa shape index (κ1) is 17.3. The van der Waals surface area contributed by atoms with Crippen LogP contribution in [0.4, 0.5) is 4.79 Å². The predicted molar refractivity (Wildman–Crippen MR) is 77.9 cm³/mol. The number of carbonyl (C=O) groups is 3. The van der Waals surface area contributed by atoms with Crippen LogP contribution in [0.1, 0.15) is 39.5 Å². The number of urea groups is 1. The molecule has 0 aromatic rings. The molecule has 0 spiro atoms. The van der Waals surface area contributed by atoms with E-state index in [1.807, 2.05) is 0 Å². The van der Waals surface area contributed by atoms with E-state index in [1.54, 1.807) is 4.90 Å². The maximum atomic E-state index is 11.9. The molecule has 0 saturated carbocycles. The van der Waals surface area contributed by atoms with Crippen molar-refractivity contribution in [3.05, 3.63) is 0 Å². The van der Waals surface area contributed by atoms with Gasteiger partial charge in [-0.3, -0.25) is 9.59 Å². The third-order valence-corrected chi connectivity index (χ3v) is 4.45. The number of amides is 3. The number of aliphatic carboxylic acids is 1. The first-order valence-corrected chi connectivity index (χ1v) is 7.43. The van der Waals surface area contributed by atoms with E-state index < -0.39 is 18.4 Å². The fraction of sp³-hybridized carbons (Fsp3) is 0.786. The lowest BCUT2D eigenvalue weighted by Crippen LogP contribution is -2.49. The summed E-state index contributed by atoms with van der Waals surface area (Å²) in [5.41, 5.74) is 0.343. The Kier molecular flexibility index (Phi) is 6.45. The summed E-state index contributed by atoms with van der Waals surface area (Å²) >= 11 is 0. The summed E-state index contributed by atoms with van der Waals surface area (Å²) < 4.78 is 0. The van der Waals surface area contributed by atoms with Gasteiger partial charge in [-0.05, 0) is 18.3 Å². The second-order valence-corrected chi connectivity index (χ2v) is 5.52. The molecular weight excluding hydrogens is 274 g/mol. The van der Waals surface area contributed by atoms with Crippen LogP contribution in [0.5, 0.6) is 0 Å². The van der Waals surface area contributed by atoms with Gasteiger partial charge in [-0.15, -0.1) is 0 Å². The van der Waals surface area contributed by atoms with E-state index in [0.717, 1.165) is 25.7 Å². The van der Waals surface area contributed by atoms with Crippen molar-refractivity contribution in [2.24, 2.45) is 5.41 Å². The summed E-state index contributed by atoms with van der Waals surface area (Å²) in [7, 11) is 0. The van der Waals surface area contributed by atoms with Crippen LogP contribution in [0, 0.1) is 5.41 Å². The molecule has 21 heavy (non-hydrogen) atoms. The summed E-state index contributed by atoms with van der Waals surface area (Å²) in [6.07, 6.45) is 4.21. The van der Waals surface area contributed by atoms with E-state index in [2.05, 4.69) is 24.5 Å². The van der Waals surface area contributed by atoms with Crippen LogP contribution >= 0.6 is 0 Å². The molecule has 0 aromatic heterocycles. The van der Waals surface area contributed by atoms with Crippen molar-refractivity contribution >= 4 is 17.9 Å². The van der Waals surface area contributed by atoms with E-state index in [1.165, 1.54) is 0 Å². The maximum absolute atomic E-state index is 11.9. The molecule has 1 saturated heterocycles. The molecular formula is C14H25N3O4. The molecule has 3 N–H and O–H groups in total. The van der Waals surface area contributed by atoms with Crippen molar-refractivity contribution < 1.29 is 19.5 Å². The van der Waals surface area contributed by atoms with Crippen molar-refractivity contribution in [1.29, 1.82) is 0 Å². The Balaban J connectivity index is 2.31. The second-order valence-electron chi connectivity index (χ2n) is 5.52. The summed E-state index contributed by atoms with van der Waals surface area (Å²) in [5.74, 6) is -1.61. The molecule has 1 fully saturated rings. The number of piperidine rings is 1. The van der Waals surface area contributed by atoms with Crippen LogP contribution < -0.4 is 10.6 Å². The Bertz CT molecular complexity index is 384. The zero-order valence-electron chi connectivity index (χ0n) is 12.8. The first-order valence-electron chi connectivity index (χ1n) is 7.43. The van der Waals surface area contributed by atoms with Crippen molar-refractivity contribution in [1.82, 2.24) is 15.5 Å². The van der Waals surface area contributed by atoms with Crippen molar-refractivity contribution in [3.63, 3.8) is 0 Å². The number of carboxylic acids is 1. The van der Waals surface area contributed by atoms with E-state index >= 15 is 0 Å². The fourth-order valence-corrected chi connectivity index (χ4v) is 2.65. The maximum Gasteiger partial charge on any atom is 0.322 e. The quantitative estimate of drug-likeness (QED) is 0.675. The van der Waals surface area contributed by atoms with Gasteiger partial charge in [0.25, 0.3) is 0 Å². The third-order valence-electron chi connectivity index (χ3n) is 4.45. The lowest BCUT2D eigenvalue weighted by Gasteiger charge is -2.40. The Hall–Kier alpha value is -1.79. The zero-order valence-corrected chi connectivity index (χ0v) is 12.8. The van der Waals surface area contributed by atoms with Gasteiger partial charge in [-0.2, -0.15) is 0 Å². The van der Waals surface area contributed by atoms with E-state index in [4.69, 9.17) is 5.11 Å². The smallest absolute Gasteiger partial charge is 0.322 e. The summed E-state index contributed by atoms with van der Waals surface area (Å²) in [6.45, 7) is 5.13. The van der Waals surface area contributed by atoms with Crippen molar-refractivity contribution in [2.75, 3.05) is 26.2 Å². The Labute approximate surface area is 125 Å². The highest BCUT2D eigenvalue weighted by Crippen LogP contribution is 2.37. The predicted octanol–water partition coefficient (Wildman–Crippen LogP) is 0.799. The van der Waals surface area contributed by atoms with Gasteiger partial charge >= 0.3 is 12.0 Å². The van der Waals surface area contributed by atoms with Crippen molar-refractivity contribution in [2.45, 2.75) is 39.5 Å². The minimum atomic E-state index is -1.11. The molecule has 1 rings (SSSR count). The largest absolute Gasteiger partial charge is 0.480 e. The number of rotatable bonds is 6. The number of nitrogens with zero attached hydrogens (tertiary/aromatic N) is 1. The Morgan fingerprint density at radius 2 is 1.62 bits per heavy atom. The first-order chi connectivity index (χ1) is 9.92. The van der Waals surface area contributed by atoms with Gasteiger partial charge in [-0.25, -0.2) is 4.79 Å². The van der Waals surface area contributed by atoms with Crippen LogP contribution in [0.15, 0.2) is 0 Å². The number of nitrogens with one attached hydrogen (secondary N) is 2. The highest BCUT2D eigenvalue weighted by Gasteiger charge is 2.32. The molecule has 0 aromatic carbocycles. The van der Waals surface area contributed by atoms with Gasteiger partial charge < -0.3 is 20.6 Å². The lowest BCUT2D eigenvalue weighted by molar-refractivity contribution is -0.137. The molecule has 1 aliphatic rings. The summed E-state index contributed by atoms with van der Waals surface area (Å²) in [4.78, 5) is 35.3. The molecule has 0 unspecified atom stereocenters. The fourth-order valence-electron chi connectivity index (χ4n) is 2.65. The van der Waals surface area contributed by atoms with Gasteiger partial charge in [-0.1, -0.05) is 26.7 Å². The molecule has 0 aliphatic carbocycles. The van der Waals surface area contributed by atoms with E-state index in [0.29, 0.717) is 18.5 Å².